The predicted molar refractivity (Wildman–Crippen MR) is 63.1 cm³/mol. The van der Waals surface area contributed by atoms with E-state index in [2.05, 4.69) is 17.9 Å². The average Bonchev–Trinajstić information content (AvgIpc) is 2.30. The van der Waals surface area contributed by atoms with Crippen molar-refractivity contribution in [1.82, 2.24) is 5.32 Å². The molecular formula is C11H15NO2S. The Bertz CT molecular complexity index is 339. The molecule has 1 aromatic carbocycles. The monoisotopic (exact) mass is 225 g/mol. The van der Waals surface area contributed by atoms with Crippen LogP contribution in [0.25, 0.3) is 0 Å². The quantitative estimate of drug-likeness (QED) is 0.767. The van der Waals surface area contributed by atoms with Crippen LogP contribution in [0, 0.1) is 0 Å². The van der Waals surface area contributed by atoms with Crippen molar-refractivity contribution in [3.8, 4) is 11.5 Å². The summed E-state index contributed by atoms with van der Waals surface area (Å²) in [5.74, 6) is 2.43. The van der Waals surface area contributed by atoms with Gasteiger partial charge in [-0.15, -0.1) is 0 Å². The molecule has 1 atom stereocenters. The molecule has 82 valence electrons. The maximum atomic E-state index is 5.53. The van der Waals surface area contributed by atoms with Gasteiger partial charge < -0.3 is 14.8 Å². The zero-order valence-electron chi connectivity index (χ0n) is 8.69. The molecule has 15 heavy (non-hydrogen) atoms. The first kappa shape index (κ1) is 10.6. The van der Waals surface area contributed by atoms with Crippen LogP contribution in [0.2, 0.25) is 0 Å². The van der Waals surface area contributed by atoms with Crippen molar-refractivity contribution in [3.63, 3.8) is 0 Å². The van der Waals surface area contributed by atoms with Gasteiger partial charge in [-0.25, -0.2) is 0 Å². The molecule has 2 rings (SSSR count). The highest BCUT2D eigenvalue weighted by Gasteiger charge is 2.14. The Morgan fingerprint density at radius 2 is 2.07 bits per heavy atom. The average molecular weight is 225 g/mol. The Morgan fingerprint density at radius 1 is 1.33 bits per heavy atom. The molecule has 4 heteroatoms. The van der Waals surface area contributed by atoms with Gasteiger partial charge in [-0.3, -0.25) is 0 Å². The normalized spacial score (nSPS) is 16.1. The van der Waals surface area contributed by atoms with E-state index in [0.29, 0.717) is 13.2 Å². The number of thiol groups is 1. The van der Waals surface area contributed by atoms with E-state index in [1.807, 2.05) is 25.2 Å². The minimum absolute atomic E-state index is 0.254. The lowest BCUT2D eigenvalue weighted by Gasteiger charge is -2.21. The highest BCUT2D eigenvalue weighted by Crippen LogP contribution is 2.32. The largest absolute Gasteiger partial charge is 0.486 e. The smallest absolute Gasteiger partial charge is 0.161 e. The Hall–Kier alpha value is -0.870. The van der Waals surface area contributed by atoms with Crippen LogP contribution in [0.1, 0.15) is 11.6 Å². The van der Waals surface area contributed by atoms with Crippen LogP contribution in [-0.2, 0) is 0 Å². The third kappa shape index (κ3) is 2.21. The van der Waals surface area contributed by atoms with E-state index >= 15 is 0 Å². The molecule has 0 fully saturated rings. The Labute approximate surface area is 95.2 Å². The molecule has 0 aromatic heterocycles. The van der Waals surface area contributed by atoms with Crippen LogP contribution >= 0.6 is 12.6 Å². The van der Waals surface area contributed by atoms with Gasteiger partial charge in [0.25, 0.3) is 0 Å². The van der Waals surface area contributed by atoms with Gasteiger partial charge in [0.2, 0.25) is 0 Å². The zero-order valence-corrected chi connectivity index (χ0v) is 9.59. The molecule has 0 bridgehead atoms. The van der Waals surface area contributed by atoms with Gasteiger partial charge in [0.15, 0.2) is 11.5 Å². The molecular weight excluding hydrogens is 210 g/mol. The summed E-state index contributed by atoms with van der Waals surface area (Å²) in [6.07, 6.45) is 0. The van der Waals surface area contributed by atoms with E-state index in [4.69, 9.17) is 9.47 Å². The molecule has 1 heterocycles. The van der Waals surface area contributed by atoms with Crippen molar-refractivity contribution in [2.24, 2.45) is 0 Å². The molecule has 1 aliphatic rings. The van der Waals surface area contributed by atoms with Crippen LogP contribution in [0.4, 0.5) is 0 Å². The summed E-state index contributed by atoms with van der Waals surface area (Å²) in [5, 5.41) is 3.20. The minimum Gasteiger partial charge on any atom is -0.486 e. The van der Waals surface area contributed by atoms with Gasteiger partial charge in [0.1, 0.15) is 13.2 Å². The molecule has 1 unspecified atom stereocenters. The van der Waals surface area contributed by atoms with E-state index in [9.17, 15) is 0 Å². The predicted octanol–water partition coefficient (Wildman–Crippen LogP) is 1.65. The highest BCUT2D eigenvalue weighted by molar-refractivity contribution is 7.80. The minimum atomic E-state index is 0.254. The maximum absolute atomic E-state index is 5.53. The molecule has 1 aliphatic heterocycles. The summed E-state index contributed by atoms with van der Waals surface area (Å²) in [7, 11) is 1.93. The second-order valence-corrected chi connectivity index (χ2v) is 3.79. The lowest BCUT2D eigenvalue weighted by molar-refractivity contribution is 0.171. The van der Waals surface area contributed by atoms with Gasteiger partial charge in [-0.1, -0.05) is 6.07 Å². The van der Waals surface area contributed by atoms with Crippen molar-refractivity contribution in [3.05, 3.63) is 23.8 Å². The molecule has 0 amide bonds. The molecule has 3 nitrogen and oxygen atoms in total. The van der Waals surface area contributed by atoms with Crippen molar-refractivity contribution < 1.29 is 9.47 Å². The molecule has 1 aromatic rings. The summed E-state index contributed by atoms with van der Waals surface area (Å²) < 4.78 is 11.0. The van der Waals surface area contributed by atoms with E-state index in [1.54, 1.807) is 0 Å². The first-order valence-electron chi connectivity index (χ1n) is 5.03. The second-order valence-electron chi connectivity index (χ2n) is 3.43. The standard InChI is InChI=1S/C11H15NO2S/c1-12-9(7-15)8-2-3-10-11(6-8)14-5-4-13-10/h2-3,6,9,12,15H,4-5,7H2,1H3. The number of rotatable bonds is 3. The molecule has 0 aliphatic carbocycles. The van der Waals surface area contributed by atoms with Gasteiger partial charge in [-0.05, 0) is 24.7 Å². The molecule has 1 N–H and O–H groups in total. The van der Waals surface area contributed by atoms with E-state index < -0.39 is 0 Å². The lowest BCUT2D eigenvalue weighted by atomic mass is 10.1. The molecule has 0 spiro atoms. The van der Waals surface area contributed by atoms with Gasteiger partial charge in [0, 0.05) is 11.8 Å². The highest BCUT2D eigenvalue weighted by atomic mass is 32.1. The summed E-state index contributed by atoms with van der Waals surface area (Å²) in [4.78, 5) is 0. The summed E-state index contributed by atoms with van der Waals surface area (Å²) >= 11 is 4.30. The summed E-state index contributed by atoms with van der Waals surface area (Å²) in [5.41, 5.74) is 1.18. The van der Waals surface area contributed by atoms with Crippen molar-refractivity contribution in [2.45, 2.75) is 6.04 Å². The molecule has 0 radical (unpaired) electrons. The van der Waals surface area contributed by atoms with Crippen LogP contribution in [0.15, 0.2) is 18.2 Å². The number of benzene rings is 1. The fraction of sp³-hybridized carbons (Fsp3) is 0.455. The van der Waals surface area contributed by atoms with Crippen LogP contribution < -0.4 is 14.8 Å². The summed E-state index contributed by atoms with van der Waals surface area (Å²) in [6.45, 7) is 1.26. The maximum Gasteiger partial charge on any atom is 0.161 e. The van der Waals surface area contributed by atoms with Crippen LogP contribution in [0.3, 0.4) is 0 Å². The Kier molecular flexibility index (Phi) is 3.38. The zero-order chi connectivity index (χ0) is 10.7. The Morgan fingerprint density at radius 3 is 2.73 bits per heavy atom. The first-order valence-corrected chi connectivity index (χ1v) is 5.66. The molecule has 0 saturated heterocycles. The number of hydrogen-bond acceptors (Lipinski definition) is 4. The van der Waals surface area contributed by atoms with Crippen molar-refractivity contribution in [1.29, 1.82) is 0 Å². The van der Waals surface area contributed by atoms with Gasteiger partial charge in [0.05, 0.1) is 0 Å². The van der Waals surface area contributed by atoms with E-state index in [0.717, 1.165) is 17.3 Å². The number of fused-ring (bicyclic) bond motifs is 1. The third-order valence-electron chi connectivity index (χ3n) is 2.50. The number of ether oxygens (including phenoxy) is 2. The first-order chi connectivity index (χ1) is 7.35. The van der Waals surface area contributed by atoms with E-state index in [-0.39, 0.29) is 6.04 Å². The number of nitrogens with one attached hydrogen (secondary N) is 1. The van der Waals surface area contributed by atoms with Crippen molar-refractivity contribution in [2.75, 3.05) is 26.0 Å². The third-order valence-corrected chi connectivity index (χ3v) is 2.86. The second kappa shape index (κ2) is 4.77. The fourth-order valence-electron chi connectivity index (χ4n) is 1.64. The van der Waals surface area contributed by atoms with Crippen molar-refractivity contribution >= 4 is 12.6 Å². The lowest BCUT2D eigenvalue weighted by Crippen LogP contribution is -2.19. The fourth-order valence-corrected chi connectivity index (χ4v) is 2.03. The SMILES string of the molecule is CNC(CS)c1ccc2c(c1)OCCO2. The van der Waals surface area contributed by atoms with E-state index in [1.165, 1.54) is 5.56 Å². The number of hydrogen-bond donors (Lipinski definition) is 2. The molecule has 0 saturated carbocycles. The van der Waals surface area contributed by atoms with Crippen LogP contribution in [-0.4, -0.2) is 26.0 Å². The van der Waals surface area contributed by atoms with Gasteiger partial charge in [-0.2, -0.15) is 12.6 Å². The summed E-state index contributed by atoms with van der Waals surface area (Å²) in [6, 6.07) is 6.28. The topological polar surface area (TPSA) is 30.5 Å². The Balaban J connectivity index is 2.27. The van der Waals surface area contributed by atoms with Crippen LogP contribution in [0.5, 0.6) is 11.5 Å². The van der Waals surface area contributed by atoms with Gasteiger partial charge >= 0.3 is 0 Å².